The van der Waals surface area contributed by atoms with Gasteiger partial charge in [-0.3, -0.25) is 14.5 Å². The Kier molecular flexibility index (Phi) is 4.74. The number of pyridine rings is 1. The Labute approximate surface area is 184 Å². The van der Waals surface area contributed by atoms with Crippen LogP contribution in [-0.4, -0.2) is 35.3 Å². The topological polar surface area (TPSA) is 90.0 Å². The number of hydrogen-bond acceptors (Lipinski definition) is 5. The van der Waals surface area contributed by atoms with Gasteiger partial charge in [0.1, 0.15) is 5.69 Å². The third kappa shape index (κ3) is 3.62. The Balaban J connectivity index is 1.48. The van der Waals surface area contributed by atoms with Crippen molar-refractivity contribution in [1.82, 2.24) is 29.4 Å². The fourth-order valence-electron chi connectivity index (χ4n) is 3.60. The van der Waals surface area contributed by atoms with Crippen molar-refractivity contribution in [3.05, 3.63) is 83.9 Å². The Hall–Kier alpha value is -4.33. The van der Waals surface area contributed by atoms with E-state index < -0.39 is 0 Å². The van der Waals surface area contributed by atoms with Gasteiger partial charge in [-0.1, -0.05) is 29.8 Å². The molecule has 8 heteroatoms. The maximum atomic E-state index is 12.6. The third-order valence-electron chi connectivity index (χ3n) is 5.26. The molecule has 0 aliphatic rings. The van der Waals surface area contributed by atoms with Crippen molar-refractivity contribution >= 4 is 17.4 Å². The molecule has 5 aromatic rings. The van der Waals surface area contributed by atoms with Gasteiger partial charge in [0.05, 0.1) is 11.9 Å². The molecule has 0 saturated heterocycles. The Bertz CT molecular complexity index is 1450. The van der Waals surface area contributed by atoms with E-state index in [0.717, 1.165) is 28.1 Å². The van der Waals surface area contributed by atoms with E-state index >= 15 is 0 Å². The summed E-state index contributed by atoms with van der Waals surface area (Å²) in [7, 11) is 1.89. The predicted octanol–water partition coefficient (Wildman–Crippen LogP) is 4.06. The molecular formula is C24H21N7O. The minimum Gasteiger partial charge on any atom is -0.305 e. The first-order valence-electron chi connectivity index (χ1n) is 10.2. The van der Waals surface area contributed by atoms with Crippen molar-refractivity contribution in [1.29, 1.82) is 0 Å². The molecule has 158 valence electrons. The summed E-state index contributed by atoms with van der Waals surface area (Å²) in [5.74, 6) is 0.197. The monoisotopic (exact) mass is 423 g/mol. The van der Waals surface area contributed by atoms with Crippen molar-refractivity contribution < 1.29 is 4.79 Å². The summed E-state index contributed by atoms with van der Waals surface area (Å²) >= 11 is 0. The molecule has 0 radical (unpaired) electrons. The van der Waals surface area contributed by atoms with Gasteiger partial charge in [0.25, 0.3) is 5.91 Å². The second-order valence-electron chi connectivity index (χ2n) is 7.72. The largest absolute Gasteiger partial charge is 0.305 e. The van der Waals surface area contributed by atoms with Gasteiger partial charge in [-0.25, -0.2) is 9.50 Å². The molecule has 0 aliphatic heterocycles. The summed E-state index contributed by atoms with van der Waals surface area (Å²) in [6, 6.07) is 13.7. The second kappa shape index (κ2) is 7.73. The van der Waals surface area contributed by atoms with E-state index in [9.17, 15) is 4.79 Å². The minimum absolute atomic E-state index is 0.234. The van der Waals surface area contributed by atoms with Crippen LogP contribution < -0.4 is 5.32 Å². The molecule has 0 spiro atoms. The third-order valence-corrected chi connectivity index (χ3v) is 5.26. The van der Waals surface area contributed by atoms with E-state index in [0.29, 0.717) is 17.0 Å². The zero-order valence-corrected chi connectivity index (χ0v) is 17.9. The van der Waals surface area contributed by atoms with Gasteiger partial charge in [0.2, 0.25) is 0 Å². The van der Waals surface area contributed by atoms with Crippen LogP contribution >= 0.6 is 0 Å². The van der Waals surface area contributed by atoms with Crippen LogP contribution in [0.4, 0.5) is 5.82 Å². The zero-order chi connectivity index (χ0) is 22.2. The molecular weight excluding hydrogens is 402 g/mol. The van der Waals surface area contributed by atoms with Crippen LogP contribution in [0.15, 0.2) is 67.3 Å². The van der Waals surface area contributed by atoms with Crippen LogP contribution in [0.1, 0.15) is 21.5 Å². The summed E-state index contributed by atoms with van der Waals surface area (Å²) in [4.78, 5) is 21.1. The molecule has 1 amide bonds. The second-order valence-corrected chi connectivity index (χ2v) is 7.72. The lowest BCUT2D eigenvalue weighted by Gasteiger charge is -2.04. The van der Waals surface area contributed by atoms with Crippen molar-refractivity contribution in [3.8, 4) is 22.5 Å². The quantitative estimate of drug-likeness (QED) is 0.471. The summed E-state index contributed by atoms with van der Waals surface area (Å²) < 4.78 is 3.45. The van der Waals surface area contributed by atoms with Crippen LogP contribution in [0.25, 0.3) is 28.2 Å². The van der Waals surface area contributed by atoms with Crippen LogP contribution in [0.2, 0.25) is 0 Å². The zero-order valence-electron chi connectivity index (χ0n) is 17.9. The molecule has 4 heterocycles. The highest BCUT2D eigenvalue weighted by molar-refractivity contribution is 6.04. The SMILES string of the molecule is Cc1ccc(-c2nn(C)cc2-c2ccc3nc(NC(=O)c4ccncc4C)cn3n2)cc1. The average molecular weight is 423 g/mol. The lowest BCUT2D eigenvalue weighted by molar-refractivity contribution is 0.102. The molecule has 0 aliphatic carbocycles. The molecule has 0 unspecified atom stereocenters. The highest BCUT2D eigenvalue weighted by Crippen LogP contribution is 2.30. The van der Waals surface area contributed by atoms with Crippen molar-refractivity contribution in [2.24, 2.45) is 7.05 Å². The number of imidazole rings is 1. The summed E-state index contributed by atoms with van der Waals surface area (Å²) in [6.07, 6.45) is 6.91. The first kappa shape index (κ1) is 19.6. The standard InChI is InChI=1S/C24H21N7O/c1-15-4-6-17(7-5-15)23-19(13-30(3)29-23)20-8-9-22-26-21(14-31(22)28-20)27-24(32)18-10-11-25-12-16(18)2/h4-14H,1-3H3,(H,27,32). The Morgan fingerprint density at radius 3 is 2.56 bits per heavy atom. The molecule has 8 nitrogen and oxygen atoms in total. The number of amides is 1. The maximum Gasteiger partial charge on any atom is 0.257 e. The van der Waals surface area contributed by atoms with E-state index in [2.05, 4.69) is 51.6 Å². The predicted molar refractivity (Wildman–Crippen MR) is 122 cm³/mol. The molecule has 32 heavy (non-hydrogen) atoms. The number of aromatic nitrogens is 6. The van der Waals surface area contributed by atoms with Gasteiger partial charge >= 0.3 is 0 Å². The van der Waals surface area contributed by atoms with Crippen molar-refractivity contribution in [2.75, 3.05) is 5.32 Å². The van der Waals surface area contributed by atoms with E-state index in [4.69, 9.17) is 5.10 Å². The first-order valence-corrected chi connectivity index (χ1v) is 10.2. The van der Waals surface area contributed by atoms with Crippen LogP contribution in [0, 0.1) is 13.8 Å². The van der Waals surface area contributed by atoms with E-state index in [1.165, 1.54) is 5.56 Å². The number of anilines is 1. The first-order chi connectivity index (χ1) is 15.5. The average Bonchev–Trinajstić information content (AvgIpc) is 3.36. The maximum absolute atomic E-state index is 12.6. The minimum atomic E-state index is -0.234. The number of hydrogen-bond donors (Lipinski definition) is 1. The van der Waals surface area contributed by atoms with Crippen molar-refractivity contribution in [3.63, 3.8) is 0 Å². The van der Waals surface area contributed by atoms with Crippen LogP contribution in [0.5, 0.6) is 0 Å². The van der Waals surface area contributed by atoms with Gasteiger partial charge < -0.3 is 5.32 Å². The smallest absolute Gasteiger partial charge is 0.257 e. The summed E-state index contributed by atoms with van der Waals surface area (Å²) in [5, 5.41) is 12.2. The number of nitrogens with zero attached hydrogens (tertiary/aromatic N) is 6. The van der Waals surface area contributed by atoms with Crippen LogP contribution in [0.3, 0.4) is 0 Å². The fraction of sp³-hybridized carbons (Fsp3) is 0.125. The summed E-state index contributed by atoms with van der Waals surface area (Å²) in [6.45, 7) is 3.91. The Morgan fingerprint density at radius 1 is 0.969 bits per heavy atom. The lowest BCUT2D eigenvalue weighted by atomic mass is 10.0. The fourth-order valence-corrected chi connectivity index (χ4v) is 3.60. The Morgan fingerprint density at radius 2 is 1.78 bits per heavy atom. The molecule has 0 saturated carbocycles. The molecule has 1 aromatic carbocycles. The molecule has 0 bridgehead atoms. The van der Waals surface area contributed by atoms with Gasteiger partial charge in [-0.2, -0.15) is 10.2 Å². The van der Waals surface area contributed by atoms with Crippen molar-refractivity contribution in [2.45, 2.75) is 13.8 Å². The number of carbonyl (C=O) groups is 1. The summed E-state index contributed by atoms with van der Waals surface area (Å²) in [5.41, 5.74) is 6.77. The van der Waals surface area contributed by atoms with Gasteiger partial charge in [-0.05, 0) is 37.6 Å². The molecule has 1 N–H and O–H groups in total. The van der Waals surface area contributed by atoms with Crippen LogP contribution in [-0.2, 0) is 7.05 Å². The number of benzene rings is 1. The number of nitrogens with one attached hydrogen (secondary N) is 1. The molecule has 5 rings (SSSR count). The highest BCUT2D eigenvalue weighted by atomic mass is 16.1. The van der Waals surface area contributed by atoms with Gasteiger partial charge in [0.15, 0.2) is 11.5 Å². The van der Waals surface area contributed by atoms with Gasteiger partial charge in [-0.15, -0.1) is 0 Å². The number of aryl methyl sites for hydroxylation is 3. The van der Waals surface area contributed by atoms with E-state index in [1.807, 2.05) is 32.3 Å². The number of carbonyl (C=O) groups excluding carboxylic acids is 1. The highest BCUT2D eigenvalue weighted by Gasteiger charge is 2.16. The number of fused-ring (bicyclic) bond motifs is 1. The molecule has 0 fully saturated rings. The molecule has 4 aromatic heterocycles. The number of rotatable bonds is 4. The normalized spacial score (nSPS) is 11.1. The molecule has 0 atom stereocenters. The van der Waals surface area contributed by atoms with E-state index in [1.54, 1.807) is 33.9 Å². The lowest BCUT2D eigenvalue weighted by Crippen LogP contribution is -2.13. The van der Waals surface area contributed by atoms with E-state index in [-0.39, 0.29) is 5.91 Å². The van der Waals surface area contributed by atoms with Gasteiger partial charge in [0, 0.05) is 42.3 Å².